The number of allylic oxidation sites excluding steroid dienone is 1. The van der Waals surface area contributed by atoms with Crippen LogP contribution in [-0.2, 0) is 6.42 Å². The Hall–Kier alpha value is -2.84. The van der Waals surface area contributed by atoms with Crippen molar-refractivity contribution in [3.63, 3.8) is 0 Å². The lowest BCUT2D eigenvalue weighted by Gasteiger charge is -2.23. The number of fused-ring (bicyclic) bond motifs is 1. The van der Waals surface area contributed by atoms with Gasteiger partial charge < -0.3 is 9.84 Å². The molecule has 1 aliphatic rings. The first-order valence-corrected chi connectivity index (χ1v) is 11.6. The van der Waals surface area contributed by atoms with Gasteiger partial charge in [-0.15, -0.1) is 0 Å². The zero-order valence-corrected chi connectivity index (χ0v) is 18.2. The second-order valence-electron chi connectivity index (χ2n) is 8.24. The van der Waals surface area contributed by atoms with Gasteiger partial charge >= 0.3 is 0 Å². The van der Waals surface area contributed by atoms with Crippen LogP contribution in [0.5, 0.6) is 5.75 Å². The SMILES string of the molecule is OCCCCCCOc1ccc(/C(=C2\CCCc3ccccc32)c2ccccc2)cc1. The van der Waals surface area contributed by atoms with Gasteiger partial charge in [-0.1, -0.05) is 73.2 Å². The molecule has 2 heteroatoms. The Labute approximate surface area is 186 Å². The molecule has 0 heterocycles. The summed E-state index contributed by atoms with van der Waals surface area (Å²) in [5.41, 5.74) is 8.16. The van der Waals surface area contributed by atoms with Crippen LogP contribution in [0, 0.1) is 0 Å². The van der Waals surface area contributed by atoms with Gasteiger partial charge in [0, 0.05) is 6.61 Å². The van der Waals surface area contributed by atoms with E-state index in [1.165, 1.54) is 39.8 Å². The number of rotatable bonds is 9. The maximum absolute atomic E-state index is 8.87. The lowest BCUT2D eigenvalue weighted by molar-refractivity contribution is 0.273. The second-order valence-corrected chi connectivity index (χ2v) is 8.24. The minimum Gasteiger partial charge on any atom is -0.494 e. The number of hydrogen-bond donors (Lipinski definition) is 1. The first kappa shape index (κ1) is 21.4. The van der Waals surface area contributed by atoms with Crippen molar-refractivity contribution in [1.29, 1.82) is 0 Å². The van der Waals surface area contributed by atoms with Crippen LogP contribution in [0.25, 0.3) is 11.1 Å². The highest BCUT2D eigenvalue weighted by Gasteiger charge is 2.19. The van der Waals surface area contributed by atoms with Crippen LogP contribution >= 0.6 is 0 Å². The molecule has 0 saturated heterocycles. The number of benzene rings is 3. The molecule has 0 bridgehead atoms. The average Bonchev–Trinajstić information content (AvgIpc) is 2.83. The molecule has 0 aliphatic heterocycles. The van der Waals surface area contributed by atoms with Crippen molar-refractivity contribution in [2.24, 2.45) is 0 Å². The molecule has 1 N–H and O–H groups in total. The lowest BCUT2D eigenvalue weighted by atomic mass is 9.81. The van der Waals surface area contributed by atoms with Crippen molar-refractivity contribution in [1.82, 2.24) is 0 Å². The molecule has 0 amide bonds. The van der Waals surface area contributed by atoms with Crippen molar-refractivity contribution >= 4 is 11.1 Å². The monoisotopic (exact) mass is 412 g/mol. The average molecular weight is 413 g/mol. The van der Waals surface area contributed by atoms with Crippen LogP contribution in [0.1, 0.15) is 60.8 Å². The summed E-state index contributed by atoms with van der Waals surface area (Å²) in [5, 5.41) is 8.87. The van der Waals surface area contributed by atoms with Crippen LogP contribution < -0.4 is 4.74 Å². The quantitative estimate of drug-likeness (QED) is 0.387. The first-order chi connectivity index (χ1) is 15.4. The van der Waals surface area contributed by atoms with E-state index in [0.29, 0.717) is 0 Å². The highest BCUT2D eigenvalue weighted by molar-refractivity contribution is 5.99. The summed E-state index contributed by atoms with van der Waals surface area (Å²) in [7, 11) is 0. The normalized spacial score (nSPS) is 14.7. The van der Waals surface area contributed by atoms with E-state index in [9.17, 15) is 0 Å². The summed E-state index contributed by atoms with van der Waals surface area (Å²) in [4.78, 5) is 0. The molecule has 4 rings (SSSR count). The van der Waals surface area contributed by atoms with Crippen LogP contribution in [0.3, 0.4) is 0 Å². The van der Waals surface area contributed by atoms with E-state index in [1.54, 1.807) is 0 Å². The van der Waals surface area contributed by atoms with Crippen molar-refractivity contribution in [3.8, 4) is 5.75 Å². The molecular formula is C29H32O2. The standard InChI is InChI=1S/C29H32O2/c30-21-8-1-2-9-22-31-26-19-17-25(18-20-26)29(24-12-4-3-5-13-24)28-16-10-14-23-11-6-7-15-27(23)28/h3-7,11-13,15,17-20,30H,1-2,8-10,14,16,21-22H2/b29-28+. The third-order valence-electron chi connectivity index (χ3n) is 6.04. The van der Waals surface area contributed by atoms with Crippen LogP contribution in [0.4, 0.5) is 0 Å². The molecule has 0 saturated carbocycles. The Morgan fingerprint density at radius 3 is 2.23 bits per heavy atom. The molecular weight excluding hydrogens is 380 g/mol. The number of aliphatic hydroxyl groups excluding tert-OH is 1. The maximum Gasteiger partial charge on any atom is 0.119 e. The lowest BCUT2D eigenvalue weighted by Crippen LogP contribution is -2.05. The van der Waals surface area contributed by atoms with E-state index in [2.05, 4.69) is 78.9 Å². The summed E-state index contributed by atoms with van der Waals surface area (Å²) in [6.45, 7) is 1.01. The predicted octanol–water partition coefficient (Wildman–Crippen LogP) is 6.91. The summed E-state index contributed by atoms with van der Waals surface area (Å²) < 4.78 is 5.95. The van der Waals surface area contributed by atoms with Crippen molar-refractivity contribution in [2.45, 2.75) is 44.9 Å². The third-order valence-corrected chi connectivity index (χ3v) is 6.04. The number of hydrogen-bond acceptors (Lipinski definition) is 2. The first-order valence-electron chi connectivity index (χ1n) is 11.6. The Balaban J connectivity index is 1.60. The highest BCUT2D eigenvalue weighted by Crippen LogP contribution is 2.39. The fraction of sp³-hybridized carbons (Fsp3) is 0.310. The van der Waals surface area contributed by atoms with Crippen LogP contribution in [0.2, 0.25) is 0 Å². The van der Waals surface area contributed by atoms with Gasteiger partial charge in [-0.05, 0) is 84.1 Å². The highest BCUT2D eigenvalue weighted by atomic mass is 16.5. The molecule has 3 aromatic rings. The largest absolute Gasteiger partial charge is 0.494 e. The molecule has 0 spiro atoms. The molecule has 2 nitrogen and oxygen atoms in total. The van der Waals surface area contributed by atoms with Gasteiger partial charge in [0.15, 0.2) is 0 Å². The number of ether oxygens (including phenoxy) is 1. The second kappa shape index (κ2) is 11.0. The molecule has 3 aromatic carbocycles. The van der Waals surface area contributed by atoms with Gasteiger partial charge in [-0.25, -0.2) is 0 Å². The van der Waals surface area contributed by atoms with Crippen molar-refractivity contribution in [2.75, 3.05) is 13.2 Å². The molecule has 0 unspecified atom stereocenters. The van der Waals surface area contributed by atoms with Gasteiger partial charge in [0.2, 0.25) is 0 Å². The zero-order valence-electron chi connectivity index (χ0n) is 18.2. The summed E-state index contributed by atoms with van der Waals surface area (Å²) >= 11 is 0. The van der Waals surface area contributed by atoms with E-state index in [4.69, 9.17) is 9.84 Å². The molecule has 160 valence electrons. The van der Waals surface area contributed by atoms with E-state index in [0.717, 1.165) is 50.9 Å². The number of aliphatic hydroxyl groups is 1. The molecule has 0 aromatic heterocycles. The van der Waals surface area contributed by atoms with Gasteiger partial charge in [-0.2, -0.15) is 0 Å². The van der Waals surface area contributed by atoms with Crippen LogP contribution in [0.15, 0.2) is 78.9 Å². The smallest absolute Gasteiger partial charge is 0.119 e. The fourth-order valence-electron chi connectivity index (χ4n) is 4.48. The Kier molecular flexibility index (Phi) is 7.57. The Morgan fingerprint density at radius 2 is 1.42 bits per heavy atom. The van der Waals surface area contributed by atoms with Gasteiger partial charge in [0.25, 0.3) is 0 Å². The van der Waals surface area contributed by atoms with E-state index < -0.39 is 0 Å². The predicted molar refractivity (Wildman–Crippen MR) is 129 cm³/mol. The molecule has 0 fully saturated rings. The number of unbranched alkanes of at least 4 members (excludes halogenated alkanes) is 3. The molecule has 1 aliphatic carbocycles. The van der Waals surface area contributed by atoms with Gasteiger partial charge in [0.1, 0.15) is 5.75 Å². The summed E-state index contributed by atoms with van der Waals surface area (Å²) in [6, 6.07) is 28.2. The van der Waals surface area contributed by atoms with Crippen molar-refractivity contribution in [3.05, 3.63) is 101 Å². The number of aryl methyl sites for hydroxylation is 1. The van der Waals surface area contributed by atoms with Crippen molar-refractivity contribution < 1.29 is 9.84 Å². The van der Waals surface area contributed by atoms with E-state index >= 15 is 0 Å². The summed E-state index contributed by atoms with van der Waals surface area (Å²) in [5.74, 6) is 0.923. The zero-order chi connectivity index (χ0) is 21.3. The maximum atomic E-state index is 8.87. The van der Waals surface area contributed by atoms with E-state index in [-0.39, 0.29) is 6.61 Å². The Morgan fingerprint density at radius 1 is 0.710 bits per heavy atom. The van der Waals surface area contributed by atoms with Gasteiger partial charge in [-0.3, -0.25) is 0 Å². The molecule has 0 radical (unpaired) electrons. The minimum absolute atomic E-state index is 0.284. The fourth-order valence-corrected chi connectivity index (χ4v) is 4.48. The minimum atomic E-state index is 0.284. The third kappa shape index (κ3) is 5.45. The molecule has 0 atom stereocenters. The topological polar surface area (TPSA) is 29.5 Å². The van der Waals surface area contributed by atoms with E-state index in [1.807, 2.05) is 0 Å². The van der Waals surface area contributed by atoms with Crippen LogP contribution in [-0.4, -0.2) is 18.3 Å². The Bertz CT molecular complexity index is 987. The molecule has 31 heavy (non-hydrogen) atoms. The summed E-state index contributed by atoms with van der Waals surface area (Å²) in [6.07, 6.45) is 7.53. The van der Waals surface area contributed by atoms with Gasteiger partial charge in [0.05, 0.1) is 6.61 Å².